The first kappa shape index (κ1) is 8.86. The van der Waals surface area contributed by atoms with Crippen LogP contribution in [0.15, 0.2) is 22.0 Å². The maximum Gasteiger partial charge on any atom is 0.233 e. The molecule has 0 saturated heterocycles. The number of oxime groups is 1. The van der Waals surface area contributed by atoms with Crippen molar-refractivity contribution in [3.63, 3.8) is 0 Å². The molecule has 66 valence electrons. The standard InChI is InChI=1S/C7H11N3OS/c1-10(7(8)9-11)4-6-2-3-12-5-6/h2-3,5,11H,4H2,1H3,(H2,8,9). The molecule has 1 heterocycles. The van der Waals surface area contributed by atoms with E-state index in [0.717, 1.165) is 5.56 Å². The zero-order chi connectivity index (χ0) is 8.97. The van der Waals surface area contributed by atoms with E-state index in [1.165, 1.54) is 0 Å². The minimum absolute atomic E-state index is 0.126. The Kier molecular flexibility index (Phi) is 2.93. The van der Waals surface area contributed by atoms with Crippen LogP contribution in [0.1, 0.15) is 5.56 Å². The van der Waals surface area contributed by atoms with Crippen molar-refractivity contribution in [3.05, 3.63) is 22.4 Å². The first-order chi connectivity index (χ1) is 5.74. The Labute approximate surface area is 74.9 Å². The average molecular weight is 185 g/mol. The molecule has 0 fully saturated rings. The molecule has 0 aliphatic rings. The zero-order valence-corrected chi connectivity index (χ0v) is 7.58. The summed E-state index contributed by atoms with van der Waals surface area (Å²) in [4.78, 5) is 1.67. The lowest BCUT2D eigenvalue weighted by atomic mass is 10.3. The number of nitrogens with two attached hydrogens (primary N) is 1. The minimum Gasteiger partial charge on any atom is -0.408 e. The normalized spacial score (nSPS) is 11.6. The maximum atomic E-state index is 8.36. The number of guanidine groups is 1. The highest BCUT2D eigenvalue weighted by molar-refractivity contribution is 7.07. The van der Waals surface area contributed by atoms with Crippen LogP contribution in [0.3, 0.4) is 0 Å². The predicted molar refractivity (Wildman–Crippen MR) is 49.2 cm³/mol. The second kappa shape index (κ2) is 3.96. The first-order valence-electron chi connectivity index (χ1n) is 3.43. The van der Waals surface area contributed by atoms with E-state index >= 15 is 0 Å². The number of hydrogen-bond donors (Lipinski definition) is 2. The van der Waals surface area contributed by atoms with Crippen molar-refractivity contribution >= 4 is 17.3 Å². The predicted octanol–water partition coefficient (Wildman–Crippen LogP) is 0.884. The highest BCUT2D eigenvalue weighted by Gasteiger charge is 2.02. The minimum atomic E-state index is 0.126. The van der Waals surface area contributed by atoms with Crippen molar-refractivity contribution < 1.29 is 5.21 Å². The lowest BCUT2D eigenvalue weighted by molar-refractivity contribution is 0.304. The second-order valence-electron chi connectivity index (χ2n) is 2.45. The highest BCUT2D eigenvalue weighted by Crippen LogP contribution is 2.07. The van der Waals surface area contributed by atoms with Crippen LogP contribution in [0.25, 0.3) is 0 Å². The average Bonchev–Trinajstić information content (AvgIpc) is 2.55. The monoisotopic (exact) mass is 185 g/mol. The van der Waals surface area contributed by atoms with Gasteiger partial charge in [-0.3, -0.25) is 0 Å². The van der Waals surface area contributed by atoms with Gasteiger partial charge in [0.15, 0.2) is 0 Å². The van der Waals surface area contributed by atoms with E-state index in [9.17, 15) is 0 Å². The maximum absolute atomic E-state index is 8.36. The van der Waals surface area contributed by atoms with Crippen LogP contribution in [0.2, 0.25) is 0 Å². The van der Waals surface area contributed by atoms with E-state index in [2.05, 4.69) is 5.16 Å². The van der Waals surface area contributed by atoms with E-state index < -0.39 is 0 Å². The summed E-state index contributed by atoms with van der Waals surface area (Å²) in [6.45, 7) is 0.666. The SMILES string of the molecule is CN(Cc1ccsc1)C(N)=NO. The second-order valence-corrected chi connectivity index (χ2v) is 3.23. The fourth-order valence-electron chi connectivity index (χ4n) is 0.814. The first-order valence-corrected chi connectivity index (χ1v) is 4.38. The Morgan fingerprint density at radius 3 is 3.08 bits per heavy atom. The van der Waals surface area contributed by atoms with E-state index in [0.29, 0.717) is 6.54 Å². The van der Waals surface area contributed by atoms with Gasteiger partial charge in [-0.1, -0.05) is 5.16 Å². The van der Waals surface area contributed by atoms with E-state index in [-0.39, 0.29) is 5.96 Å². The fourth-order valence-corrected chi connectivity index (χ4v) is 1.47. The van der Waals surface area contributed by atoms with Gasteiger partial charge in [0.25, 0.3) is 0 Å². The molecule has 0 radical (unpaired) electrons. The molecular formula is C7H11N3OS. The van der Waals surface area contributed by atoms with Crippen molar-refractivity contribution in [3.8, 4) is 0 Å². The molecule has 0 atom stereocenters. The van der Waals surface area contributed by atoms with Crippen LogP contribution >= 0.6 is 11.3 Å². The van der Waals surface area contributed by atoms with Crippen LogP contribution in [0.5, 0.6) is 0 Å². The summed E-state index contributed by atoms with van der Waals surface area (Å²) in [5, 5.41) is 15.3. The van der Waals surface area contributed by atoms with E-state index in [1.54, 1.807) is 23.3 Å². The Bertz CT molecular complexity index is 258. The summed E-state index contributed by atoms with van der Waals surface area (Å²) in [6.07, 6.45) is 0. The van der Waals surface area contributed by atoms with Gasteiger partial charge in [-0.15, -0.1) is 0 Å². The lowest BCUT2D eigenvalue weighted by Gasteiger charge is -2.15. The summed E-state index contributed by atoms with van der Waals surface area (Å²) in [5.41, 5.74) is 6.52. The van der Waals surface area contributed by atoms with Gasteiger partial charge in [-0.2, -0.15) is 11.3 Å². The van der Waals surface area contributed by atoms with Crippen molar-refractivity contribution in [2.75, 3.05) is 7.05 Å². The van der Waals surface area contributed by atoms with Gasteiger partial charge < -0.3 is 15.8 Å². The smallest absolute Gasteiger partial charge is 0.233 e. The summed E-state index contributed by atoms with van der Waals surface area (Å²) in [5.74, 6) is 0.126. The van der Waals surface area contributed by atoms with Crippen LogP contribution in [0, 0.1) is 0 Å². The third kappa shape index (κ3) is 2.13. The van der Waals surface area contributed by atoms with Crippen LogP contribution < -0.4 is 5.73 Å². The summed E-state index contributed by atoms with van der Waals surface area (Å²) < 4.78 is 0. The van der Waals surface area contributed by atoms with Gasteiger partial charge in [0.05, 0.1) is 0 Å². The molecule has 0 bridgehead atoms. The molecular weight excluding hydrogens is 174 g/mol. The molecule has 1 aromatic rings. The number of thiophene rings is 1. The summed E-state index contributed by atoms with van der Waals surface area (Å²) in [6, 6.07) is 2.01. The number of nitrogens with zero attached hydrogens (tertiary/aromatic N) is 2. The number of hydrogen-bond acceptors (Lipinski definition) is 3. The lowest BCUT2D eigenvalue weighted by Crippen LogP contribution is -2.33. The van der Waals surface area contributed by atoms with Crippen molar-refractivity contribution in [1.29, 1.82) is 0 Å². The van der Waals surface area contributed by atoms with Gasteiger partial charge in [0.2, 0.25) is 5.96 Å². The highest BCUT2D eigenvalue weighted by atomic mass is 32.1. The molecule has 0 aliphatic heterocycles. The summed E-state index contributed by atoms with van der Waals surface area (Å²) >= 11 is 1.63. The largest absolute Gasteiger partial charge is 0.408 e. The molecule has 1 rings (SSSR count). The molecule has 1 aromatic heterocycles. The Balaban J connectivity index is 2.53. The topological polar surface area (TPSA) is 61.8 Å². The molecule has 5 heteroatoms. The van der Waals surface area contributed by atoms with E-state index in [1.807, 2.05) is 16.8 Å². The van der Waals surface area contributed by atoms with Crippen molar-refractivity contribution in [1.82, 2.24) is 4.90 Å². The molecule has 0 unspecified atom stereocenters. The van der Waals surface area contributed by atoms with Gasteiger partial charge in [-0.25, -0.2) is 0 Å². The fraction of sp³-hybridized carbons (Fsp3) is 0.286. The zero-order valence-electron chi connectivity index (χ0n) is 6.77. The Hall–Kier alpha value is -1.23. The molecule has 12 heavy (non-hydrogen) atoms. The van der Waals surface area contributed by atoms with Crippen LogP contribution in [-0.2, 0) is 6.54 Å². The van der Waals surface area contributed by atoms with Crippen LogP contribution in [-0.4, -0.2) is 23.1 Å². The van der Waals surface area contributed by atoms with Crippen LogP contribution in [0.4, 0.5) is 0 Å². The van der Waals surface area contributed by atoms with Gasteiger partial charge in [-0.05, 0) is 22.4 Å². The molecule has 4 nitrogen and oxygen atoms in total. The van der Waals surface area contributed by atoms with Crippen molar-refractivity contribution in [2.45, 2.75) is 6.54 Å². The van der Waals surface area contributed by atoms with Gasteiger partial charge in [0, 0.05) is 13.6 Å². The van der Waals surface area contributed by atoms with E-state index in [4.69, 9.17) is 10.9 Å². The third-order valence-corrected chi connectivity index (χ3v) is 2.23. The molecule has 0 aliphatic carbocycles. The molecule has 0 aromatic carbocycles. The third-order valence-electron chi connectivity index (χ3n) is 1.49. The molecule has 0 saturated carbocycles. The summed E-state index contributed by atoms with van der Waals surface area (Å²) in [7, 11) is 1.77. The quantitative estimate of drug-likeness (QED) is 0.311. The molecule has 3 N–H and O–H groups in total. The van der Waals surface area contributed by atoms with Gasteiger partial charge in [0.1, 0.15) is 0 Å². The number of rotatable bonds is 2. The van der Waals surface area contributed by atoms with Crippen molar-refractivity contribution in [2.24, 2.45) is 10.9 Å². The Morgan fingerprint density at radius 2 is 2.58 bits per heavy atom. The van der Waals surface area contributed by atoms with Gasteiger partial charge >= 0.3 is 0 Å². The molecule has 0 amide bonds. The molecule has 0 spiro atoms. The Morgan fingerprint density at radius 1 is 1.83 bits per heavy atom.